The van der Waals surface area contributed by atoms with Gasteiger partial charge in [0.25, 0.3) is 11.6 Å². The van der Waals surface area contributed by atoms with Gasteiger partial charge >= 0.3 is 0 Å². The molecular weight excluding hydrogens is 460 g/mol. The number of hydrogen-bond acceptors (Lipinski definition) is 5. The number of carbonyl (C=O) groups is 1. The first-order valence-electron chi connectivity index (χ1n) is 11.2. The molecule has 1 aliphatic rings. The Labute approximate surface area is 206 Å². The second-order valence-electron chi connectivity index (χ2n) is 8.16. The van der Waals surface area contributed by atoms with E-state index in [0.29, 0.717) is 16.6 Å². The first kappa shape index (κ1) is 22.6. The van der Waals surface area contributed by atoms with Crippen LogP contribution in [0.1, 0.15) is 23.6 Å². The van der Waals surface area contributed by atoms with Gasteiger partial charge in [-0.3, -0.25) is 14.9 Å². The fraction of sp³-hybridized carbons (Fsp3) is 0.111. The Hall–Kier alpha value is -4.17. The van der Waals surface area contributed by atoms with E-state index in [1.165, 1.54) is 23.4 Å². The van der Waals surface area contributed by atoms with E-state index in [1.54, 1.807) is 12.1 Å². The van der Waals surface area contributed by atoms with E-state index in [1.807, 2.05) is 71.4 Å². The number of amidine groups is 1. The topological polar surface area (TPSA) is 89.5 Å². The Balaban J connectivity index is 1.44. The van der Waals surface area contributed by atoms with Crippen LogP contribution in [0.3, 0.4) is 0 Å². The van der Waals surface area contributed by atoms with Gasteiger partial charge in [0, 0.05) is 41.3 Å². The van der Waals surface area contributed by atoms with E-state index < -0.39 is 0 Å². The number of para-hydroxylation sites is 1. The molecule has 0 bridgehead atoms. The van der Waals surface area contributed by atoms with E-state index in [-0.39, 0.29) is 16.5 Å². The van der Waals surface area contributed by atoms with Crippen LogP contribution in [0, 0.1) is 10.1 Å². The zero-order chi connectivity index (χ0) is 24.4. The molecule has 1 N–H and O–H groups in total. The summed E-state index contributed by atoms with van der Waals surface area (Å²) in [7, 11) is 0. The molecule has 2 heterocycles. The normalized spacial score (nSPS) is 15.7. The molecule has 1 fully saturated rings. The van der Waals surface area contributed by atoms with E-state index >= 15 is 0 Å². The number of carbonyl (C=O) groups excluding carboxylic acids is 1. The highest BCUT2D eigenvalue weighted by Crippen LogP contribution is 2.31. The predicted molar refractivity (Wildman–Crippen MR) is 141 cm³/mol. The van der Waals surface area contributed by atoms with Crippen molar-refractivity contribution in [3.63, 3.8) is 0 Å². The molecule has 3 aromatic carbocycles. The SMILES string of the molecule is CCc1ccc(N=C2NC(=O)/C(=C/c3cn(Cc4cccc([N+](=O)[O-])c4)c4ccccc34)S2)cc1. The summed E-state index contributed by atoms with van der Waals surface area (Å²) in [5.41, 5.74) is 4.81. The second kappa shape index (κ2) is 9.60. The van der Waals surface area contributed by atoms with Crippen LogP contribution in [0.5, 0.6) is 0 Å². The molecule has 1 saturated heterocycles. The number of nitrogens with zero attached hydrogens (tertiary/aromatic N) is 3. The van der Waals surface area contributed by atoms with Crippen LogP contribution < -0.4 is 5.32 Å². The third-order valence-electron chi connectivity index (χ3n) is 5.81. The molecule has 0 saturated carbocycles. The number of aryl methyl sites for hydroxylation is 1. The molecule has 4 aromatic rings. The van der Waals surface area contributed by atoms with Crippen LogP contribution in [0.15, 0.2) is 88.9 Å². The van der Waals surface area contributed by atoms with Crippen molar-refractivity contribution in [2.24, 2.45) is 4.99 Å². The van der Waals surface area contributed by atoms with E-state index in [9.17, 15) is 14.9 Å². The summed E-state index contributed by atoms with van der Waals surface area (Å²) >= 11 is 1.31. The van der Waals surface area contributed by atoms with Crippen LogP contribution in [-0.2, 0) is 17.8 Å². The fourth-order valence-corrected chi connectivity index (χ4v) is 4.86. The maximum absolute atomic E-state index is 12.7. The molecule has 8 heteroatoms. The first-order chi connectivity index (χ1) is 17.0. The number of thioether (sulfide) groups is 1. The van der Waals surface area contributed by atoms with Gasteiger partial charge in [0.05, 0.1) is 15.5 Å². The number of non-ortho nitro benzene ring substituents is 1. The number of benzene rings is 3. The average Bonchev–Trinajstić information content (AvgIpc) is 3.39. The minimum atomic E-state index is -0.389. The lowest BCUT2D eigenvalue weighted by Gasteiger charge is -2.05. The molecule has 5 rings (SSSR count). The Morgan fingerprint density at radius 1 is 1.06 bits per heavy atom. The standard InChI is InChI=1S/C27H22N4O3S/c1-2-18-10-12-21(13-11-18)28-27-29-26(32)25(35-27)15-20-17-30(24-9-4-3-8-23(20)24)16-19-6-5-7-22(14-19)31(33)34/h3-15,17H,2,16H2,1H3,(H,28,29,32)/b25-15-. The van der Waals surface area contributed by atoms with Gasteiger partial charge in [-0.1, -0.05) is 49.4 Å². The summed E-state index contributed by atoms with van der Waals surface area (Å²) in [6, 6.07) is 22.5. The molecule has 0 spiro atoms. The van der Waals surface area contributed by atoms with Gasteiger partial charge in [-0.2, -0.15) is 0 Å². The molecule has 0 atom stereocenters. The number of amides is 1. The summed E-state index contributed by atoms with van der Waals surface area (Å²) in [5, 5.41) is 15.6. The fourth-order valence-electron chi connectivity index (χ4n) is 4.03. The van der Waals surface area contributed by atoms with Crippen molar-refractivity contribution >= 4 is 51.2 Å². The van der Waals surface area contributed by atoms with E-state index in [2.05, 4.69) is 17.2 Å². The van der Waals surface area contributed by atoms with Gasteiger partial charge in [0.2, 0.25) is 0 Å². The minimum Gasteiger partial charge on any atom is -0.342 e. The number of nitro benzene ring substituents is 1. The largest absolute Gasteiger partial charge is 0.342 e. The van der Waals surface area contributed by atoms with E-state index in [4.69, 9.17) is 0 Å². The molecule has 0 unspecified atom stereocenters. The van der Waals surface area contributed by atoms with Crippen molar-refractivity contribution in [3.8, 4) is 0 Å². The number of rotatable bonds is 6. The first-order valence-corrected chi connectivity index (χ1v) is 12.0. The van der Waals surface area contributed by atoms with Gasteiger partial charge < -0.3 is 9.88 Å². The molecular formula is C27H22N4O3S. The van der Waals surface area contributed by atoms with Gasteiger partial charge in [0.1, 0.15) is 0 Å². The molecule has 0 aliphatic carbocycles. The zero-order valence-electron chi connectivity index (χ0n) is 19.0. The van der Waals surface area contributed by atoms with Gasteiger partial charge in [-0.15, -0.1) is 0 Å². The van der Waals surface area contributed by atoms with Crippen molar-refractivity contribution in [1.82, 2.24) is 9.88 Å². The van der Waals surface area contributed by atoms with Crippen molar-refractivity contribution < 1.29 is 9.72 Å². The second-order valence-corrected chi connectivity index (χ2v) is 9.19. The Kier molecular flexibility index (Phi) is 6.20. The molecule has 1 amide bonds. The quantitative estimate of drug-likeness (QED) is 0.206. The van der Waals surface area contributed by atoms with Crippen molar-refractivity contribution in [2.75, 3.05) is 0 Å². The molecule has 174 valence electrons. The summed E-state index contributed by atoms with van der Waals surface area (Å²) in [4.78, 5) is 28.6. The lowest BCUT2D eigenvalue weighted by molar-refractivity contribution is -0.384. The van der Waals surface area contributed by atoms with Gasteiger partial charge in [-0.05, 0) is 53.6 Å². The summed E-state index contributed by atoms with van der Waals surface area (Å²) in [6.07, 6.45) is 4.81. The highest BCUT2D eigenvalue weighted by Gasteiger charge is 2.24. The monoisotopic (exact) mass is 482 g/mol. The number of nitrogens with one attached hydrogen (secondary N) is 1. The maximum atomic E-state index is 12.7. The summed E-state index contributed by atoms with van der Waals surface area (Å²) < 4.78 is 2.04. The van der Waals surface area contributed by atoms with Crippen LogP contribution in [0.4, 0.5) is 11.4 Å². The number of fused-ring (bicyclic) bond motifs is 1. The number of aromatic nitrogens is 1. The minimum absolute atomic E-state index is 0.0662. The summed E-state index contributed by atoms with van der Waals surface area (Å²) in [6.45, 7) is 2.58. The molecule has 1 aliphatic heterocycles. The maximum Gasteiger partial charge on any atom is 0.269 e. The number of hydrogen-bond donors (Lipinski definition) is 1. The van der Waals surface area contributed by atoms with Crippen LogP contribution >= 0.6 is 11.8 Å². The highest BCUT2D eigenvalue weighted by molar-refractivity contribution is 8.18. The average molecular weight is 483 g/mol. The Morgan fingerprint density at radius 2 is 1.86 bits per heavy atom. The van der Waals surface area contributed by atoms with Crippen molar-refractivity contribution in [3.05, 3.63) is 111 Å². The van der Waals surface area contributed by atoms with E-state index in [0.717, 1.165) is 34.1 Å². The summed E-state index contributed by atoms with van der Waals surface area (Å²) in [5.74, 6) is -0.186. The van der Waals surface area contributed by atoms with Crippen LogP contribution in [0.2, 0.25) is 0 Å². The molecule has 7 nitrogen and oxygen atoms in total. The predicted octanol–water partition coefficient (Wildman–Crippen LogP) is 6.05. The van der Waals surface area contributed by atoms with Gasteiger partial charge in [0.15, 0.2) is 5.17 Å². The number of nitro groups is 1. The van der Waals surface area contributed by atoms with Crippen molar-refractivity contribution in [2.45, 2.75) is 19.9 Å². The lowest BCUT2D eigenvalue weighted by Crippen LogP contribution is -2.19. The third kappa shape index (κ3) is 4.88. The highest BCUT2D eigenvalue weighted by atomic mass is 32.2. The molecule has 0 radical (unpaired) electrons. The van der Waals surface area contributed by atoms with Crippen molar-refractivity contribution in [1.29, 1.82) is 0 Å². The lowest BCUT2D eigenvalue weighted by atomic mass is 10.1. The Bertz CT molecular complexity index is 1500. The molecule has 35 heavy (non-hydrogen) atoms. The number of aliphatic imine (C=N–C) groups is 1. The smallest absolute Gasteiger partial charge is 0.269 e. The Morgan fingerprint density at radius 3 is 2.63 bits per heavy atom. The zero-order valence-corrected chi connectivity index (χ0v) is 19.8. The molecule has 1 aromatic heterocycles. The van der Waals surface area contributed by atoms with Crippen LogP contribution in [-0.4, -0.2) is 20.6 Å². The van der Waals surface area contributed by atoms with Crippen LogP contribution in [0.25, 0.3) is 17.0 Å². The van der Waals surface area contributed by atoms with Gasteiger partial charge in [-0.25, -0.2) is 4.99 Å². The third-order valence-corrected chi connectivity index (χ3v) is 6.72.